The summed E-state index contributed by atoms with van der Waals surface area (Å²) in [5.41, 5.74) is 3.36. The predicted octanol–water partition coefficient (Wildman–Crippen LogP) is 5.68. The van der Waals surface area contributed by atoms with Gasteiger partial charge >= 0.3 is 6.03 Å². The molecule has 32 heavy (non-hydrogen) atoms. The van der Waals surface area contributed by atoms with Crippen molar-refractivity contribution in [3.05, 3.63) is 101 Å². The second-order valence-corrected chi connectivity index (χ2v) is 8.39. The summed E-state index contributed by atoms with van der Waals surface area (Å²) in [5, 5.41) is 6.54. The van der Waals surface area contributed by atoms with Gasteiger partial charge in [0.2, 0.25) is 0 Å². The van der Waals surface area contributed by atoms with Gasteiger partial charge in [-0.3, -0.25) is 4.79 Å². The number of hydrogen-bond acceptors (Lipinski definition) is 2. The Balaban J connectivity index is 1.39. The molecule has 0 aliphatic carbocycles. The molecule has 0 bridgehead atoms. The first-order chi connectivity index (χ1) is 15.6. The van der Waals surface area contributed by atoms with E-state index in [1.807, 2.05) is 83.8 Å². The molecule has 4 rings (SSSR count). The molecule has 0 aromatic heterocycles. The van der Waals surface area contributed by atoms with Crippen molar-refractivity contribution in [1.29, 1.82) is 0 Å². The molecule has 3 amide bonds. The van der Waals surface area contributed by atoms with Crippen LogP contribution in [0, 0.1) is 0 Å². The highest BCUT2D eigenvalue weighted by molar-refractivity contribution is 6.31. The van der Waals surface area contributed by atoms with E-state index in [1.54, 1.807) is 0 Å². The number of likely N-dealkylation sites (tertiary alicyclic amines) is 1. The molecule has 3 aromatic rings. The molecule has 1 saturated heterocycles. The van der Waals surface area contributed by atoms with E-state index in [9.17, 15) is 9.59 Å². The van der Waals surface area contributed by atoms with E-state index in [0.717, 1.165) is 36.2 Å². The fourth-order valence-electron chi connectivity index (χ4n) is 4.01. The van der Waals surface area contributed by atoms with Crippen molar-refractivity contribution in [3.63, 3.8) is 0 Å². The van der Waals surface area contributed by atoms with Gasteiger partial charge in [-0.2, -0.15) is 0 Å². The third-order valence-electron chi connectivity index (χ3n) is 5.75. The van der Waals surface area contributed by atoms with Gasteiger partial charge in [0, 0.05) is 41.8 Å². The third-order valence-corrected chi connectivity index (χ3v) is 6.12. The summed E-state index contributed by atoms with van der Waals surface area (Å²) < 4.78 is 0. The van der Waals surface area contributed by atoms with Crippen molar-refractivity contribution in [1.82, 2.24) is 10.2 Å². The molecule has 1 aliphatic rings. The number of benzene rings is 3. The maximum absolute atomic E-state index is 12.7. The van der Waals surface area contributed by atoms with Gasteiger partial charge in [0.05, 0.1) is 0 Å². The van der Waals surface area contributed by atoms with E-state index in [-0.39, 0.29) is 17.9 Å². The van der Waals surface area contributed by atoms with Gasteiger partial charge in [-0.05, 0) is 54.3 Å². The van der Waals surface area contributed by atoms with Gasteiger partial charge in [-0.1, -0.05) is 60.1 Å². The molecule has 1 aliphatic heterocycles. The number of halogens is 1. The van der Waals surface area contributed by atoms with Crippen molar-refractivity contribution >= 4 is 29.2 Å². The second kappa shape index (κ2) is 10.3. The van der Waals surface area contributed by atoms with E-state index in [4.69, 9.17) is 11.6 Å². The van der Waals surface area contributed by atoms with Gasteiger partial charge in [-0.25, -0.2) is 4.79 Å². The molecule has 1 heterocycles. The van der Waals surface area contributed by atoms with E-state index < -0.39 is 0 Å². The highest BCUT2D eigenvalue weighted by atomic mass is 35.5. The number of carbonyl (C=O) groups excluding carboxylic acids is 2. The molecule has 3 aromatic carbocycles. The summed E-state index contributed by atoms with van der Waals surface area (Å²) in [5.74, 6) is 0.0582. The minimum absolute atomic E-state index is 0.0884. The van der Waals surface area contributed by atoms with Crippen LogP contribution in [-0.2, 0) is 6.54 Å². The lowest BCUT2D eigenvalue weighted by atomic mass is 9.89. The maximum atomic E-state index is 12.7. The van der Waals surface area contributed by atoms with Gasteiger partial charge in [0.25, 0.3) is 5.91 Å². The van der Waals surface area contributed by atoms with Crippen LogP contribution in [0.1, 0.15) is 40.2 Å². The van der Waals surface area contributed by atoms with Crippen molar-refractivity contribution in [2.45, 2.75) is 25.3 Å². The Hall–Kier alpha value is -3.31. The smallest absolute Gasteiger partial charge is 0.321 e. The first-order valence-corrected chi connectivity index (χ1v) is 11.2. The fraction of sp³-hybridized carbons (Fsp3) is 0.231. The second-order valence-electron chi connectivity index (χ2n) is 7.98. The van der Waals surface area contributed by atoms with Crippen LogP contribution in [0.3, 0.4) is 0 Å². The molecule has 2 N–H and O–H groups in total. The van der Waals surface area contributed by atoms with Crippen molar-refractivity contribution < 1.29 is 9.59 Å². The monoisotopic (exact) mass is 447 g/mol. The summed E-state index contributed by atoms with van der Waals surface area (Å²) in [7, 11) is 0. The molecule has 0 saturated carbocycles. The fourth-order valence-corrected chi connectivity index (χ4v) is 4.21. The normalized spacial score (nSPS) is 15.8. The lowest BCUT2D eigenvalue weighted by molar-refractivity contribution is 0.0950. The number of rotatable bonds is 5. The molecule has 6 heteroatoms. The first-order valence-electron chi connectivity index (χ1n) is 10.8. The molecule has 0 radical (unpaired) electrons. The summed E-state index contributed by atoms with van der Waals surface area (Å²) in [6.45, 7) is 1.73. The molecule has 164 valence electrons. The zero-order valence-corrected chi connectivity index (χ0v) is 18.5. The quantitative estimate of drug-likeness (QED) is 0.528. The Morgan fingerprint density at radius 1 is 0.969 bits per heavy atom. The average molecular weight is 448 g/mol. The number of amides is 3. The number of para-hydroxylation sites is 1. The number of carbonyl (C=O) groups is 2. The van der Waals surface area contributed by atoms with Gasteiger partial charge in [0.1, 0.15) is 0 Å². The van der Waals surface area contributed by atoms with Crippen LogP contribution in [-0.4, -0.2) is 29.9 Å². The Labute approximate surface area is 193 Å². The average Bonchev–Trinajstić information content (AvgIpc) is 2.84. The van der Waals surface area contributed by atoms with Crippen LogP contribution in [0.25, 0.3) is 0 Å². The number of nitrogens with one attached hydrogen (secondary N) is 2. The Morgan fingerprint density at radius 3 is 2.56 bits per heavy atom. The minimum atomic E-state index is -0.138. The lowest BCUT2D eigenvalue weighted by Crippen LogP contribution is -2.41. The molecule has 1 fully saturated rings. The minimum Gasteiger partial charge on any atom is -0.348 e. The summed E-state index contributed by atoms with van der Waals surface area (Å²) in [6, 6.07) is 24.6. The van der Waals surface area contributed by atoms with Crippen LogP contribution < -0.4 is 10.6 Å². The van der Waals surface area contributed by atoms with E-state index in [2.05, 4.69) is 10.6 Å². The predicted molar refractivity (Wildman–Crippen MR) is 128 cm³/mol. The van der Waals surface area contributed by atoms with Crippen molar-refractivity contribution in [2.75, 3.05) is 18.4 Å². The Kier molecular flexibility index (Phi) is 7.07. The largest absolute Gasteiger partial charge is 0.348 e. The summed E-state index contributed by atoms with van der Waals surface area (Å²) in [6.07, 6.45) is 1.91. The van der Waals surface area contributed by atoms with Crippen molar-refractivity contribution in [3.8, 4) is 0 Å². The van der Waals surface area contributed by atoms with E-state index in [0.29, 0.717) is 23.7 Å². The topological polar surface area (TPSA) is 61.4 Å². The van der Waals surface area contributed by atoms with Crippen LogP contribution >= 0.6 is 11.6 Å². The third kappa shape index (κ3) is 5.48. The lowest BCUT2D eigenvalue weighted by Gasteiger charge is -2.33. The van der Waals surface area contributed by atoms with E-state index in [1.165, 1.54) is 0 Å². The number of urea groups is 1. The highest BCUT2D eigenvalue weighted by Gasteiger charge is 2.25. The number of hydrogen-bond donors (Lipinski definition) is 2. The van der Waals surface area contributed by atoms with Gasteiger partial charge in [0.15, 0.2) is 0 Å². The molecule has 5 nitrogen and oxygen atoms in total. The van der Waals surface area contributed by atoms with Crippen LogP contribution in [0.15, 0.2) is 78.9 Å². The van der Waals surface area contributed by atoms with Crippen LogP contribution in [0.5, 0.6) is 0 Å². The Bertz CT molecular complexity index is 1090. The first kappa shape index (κ1) is 21.9. The number of piperidine rings is 1. The zero-order valence-electron chi connectivity index (χ0n) is 17.8. The standard InChI is InChI=1S/C26H26ClN3O2/c27-24-14-5-4-8-21(24)17-28-25(31)20-10-6-9-19(16-20)22-11-7-15-30(18-22)26(32)29-23-12-2-1-3-13-23/h1-6,8-10,12-14,16,22H,7,11,15,17-18H2,(H,28,31)(H,29,32)/t22-/m0/s1. The SMILES string of the molecule is O=C(NCc1ccccc1Cl)c1cccc([C@H]2CCCN(C(=O)Nc3ccccc3)C2)c1. The summed E-state index contributed by atoms with van der Waals surface area (Å²) in [4.78, 5) is 27.3. The van der Waals surface area contributed by atoms with E-state index >= 15 is 0 Å². The maximum Gasteiger partial charge on any atom is 0.321 e. The Morgan fingerprint density at radius 2 is 1.75 bits per heavy atom. The molecule has 0 unspecified atom stereocenters. The van der Waals surface area contributed by atoms with Crippen molar-refractivity contribution in [2.24, 2.45) is 0 Å². The van der Waals surface area contributed by atoms with Gasteiger partial charge < -0.3 is 15.5 Å². The zero-order chi connectivity index (χ0) is 22.3. The van der Waals surface area contributed by atoms with Gasteiger partial charge in [-0.15, -0.1) is 0 Å². The molecular formula is C26H26ClN3O2. The molecule has 1 atom stereocenters. The molecule has 0 spiro atoms. The number of nitrogens with zero attached hydrogens (tertiary/aromatic N) is 1. The highest BCUT2D eigenvalue weighted by Crippen LogP contribution is 2.28. The van der Waals surface area contributed by atoms with Crippen LogP contribution in [0.2, 0.25) is 5.02 Å². The molecular weight excluding hydrogens is 422 g/mol. The summed E-state index contributed by atoms with van der Waals surface area (Å²) >= 11 is 6.18. The van der Waals surface area contributed by atoms with Crippen LogP contribution in [0.4, 0.5) is 10.5 Å². The number of anilines is 1.